The van der Waals surface area contributed by atoms with E-state index in [1.807, 2.05) is 0 Å². The van der Waals surface area contributed by atoms with Crippen LogP contribution < -0.4 is 9.52 Å². The van der Waals surface area contributed by atoms with Gasteiger partial charge in [-0.25, -0.2) is 8.42 Å². The van der Waals surface area contributed by atoms with E-state index in [1.165, 1.54) is 42.5 Å². The number of non-ortho nitro benzene ring substituents is 1. The number of nitrogens with one attached hydrogen (secondary N) is 1. The molecule has 0 atom stereocenters. The molecular formula is C21H16N4O5S2. The Kier molecular flexibility index (Phi) is 5.59. The van der Waals surface area contributed by atoms with Gasteiger partial charge in [0, 0.05) is 30.4 Å². The summed E-state index contributed by atoms with van der Waals surface area (Å²) in [6, 6.07) is 18.4. The number of benzene rings is 3. The van der Waals surface area contributed by atoms with E-state index in [0.29, 0.717) is 15.0 Å². The molecule has 9 nitrogen and oxygen atoms in total. The lowest BCUT2D eigenvalue weighted by Gasteiger charge is -2.08. The smallest absolute Gasteiger partial charge is 0.279 e. The predicted octanol–water partition coefficient (Wildman–Crippen LogP) is 3.69. The van der Waals surface area contributed by atoms with Gasteiger partial charge in [0.25, 0.3) is 21.6 Å². The molecule has 32 heavy (non-hydrogen) atoms. The predicted molar refractivity (Wildman–Crippen MR) is 121 cm³/mol. The Morgan fingerprint density at radius 1 is 1.06 bits per heavy atom. The summed E-state index contributed by atoms with van der Waals surface area (Å²) in [6.07, 6.45) is 0. The van der Waals surface area contributed by atoms with E-state index in [-0.39, 0.29) is 21.8 Å². The van der Waals surface area contributed by atoms with Crippen LogP contribution in [-0.2, 0) is 17.1 Å². The number of carbonyl (C=O) groups excluding carboxylic acids is 1. The fourth-order valence-corrected chi connectivity index (χ4v) is 5.14. The maximum Gasteiger partial charge on any atom is 0.279 e. The van der Waals surface area contributed by atoms with Crippen LogP contribution in [0, 0.1) is 10.1 Å². The zero-order chi connectivity index (χ0) is 22.9. The summed E-state index contributed by atoms with van der Waals surface area (Å²) in [4.78, 5) is 27.9. The summed E-state index contributed by atoms with van der Waals surface area (Å²) < 4.78 is 29.8. The van der Waals surface area contributed by atoms with Crippen LogP contribution in [0.3, 0.4) is 0 Å². The first kappa shape index (κ1) is 21.4. The molecule has 0 unspecified atom stereocenters. The Hall–Kier alpha value is -3.83. The van der Waals surface area contributed by atoms with Crippen LogP contribution in [0.4, 0.5) is 11.4 Å². The number of amides is 1. The van der Waals surface area contributed by atoms with Gasteiger partial charge in [-0.3, -0.25) is 19.6 Å². The van der Waals surface area contributed by atoms with Gasteiger partial charge in [0.15, 0.2) is 4.80 Å². The first-order valence-corrected chi connectivity index (χ1v) is 11.6. The van der Waals surface area contributed by atoms with Gasteiger partial charge in [-0.1, -0.05) is 35.6 Å². The number of hydrogen-bond donors (Lipinski definition) is 1. The van der Waals surface area contributed by atoms with Gasteiger partial charge >= 0.3 is 0 Å². The number of hydrogen-bond acceptors (Lipinski definition) is 6. The van der Waals surface area contributed by atoms with Crippen molar-refractivity contribution >= 4 is 48.9 Å². The van der Waals surface area contributed by atoms with E-state index >= 15 is 0 Å². The van der Waals surface area contributed by atoms with Gasteiger partial charge in [0.2, 0.25) is 0 Å². The number of rotatable bonds is 5. The van der Waals surface area contributed by atoms with E-state index in [4.69, 9.17) is 0 Å². The summed E-state index contributed by atoms with van der Waals surface area (Å²) in [5.74, 6) is -0.567. The number of fused-ring (bicyclic) bond motifs is 1. The summed E-state index contributed by atoms with van der Waals surface area (Å²) in [5, 5.41) is 11.0. The van der Waals surface area contributed by atoms with Crippen LogP contribution in [0.2, 0.25) is 0 Å². The first-order chi connectivity index (χ1) is 15.2. The molecular weight excluding hydrogens is 452 g/mol. The normalized spacial score (nSPS) is 12.1. The monoisotopic (exact) mass is 468 g/mol. The number of sulfonamides is 1. The molecule has 0 aliphatic rings. The number of anilines is 1. The Morgan fingerprint density at radius 2 is 1.81 bits per heavy atom. The molecule has 1 aromatic heterocycles. The minimum absolute atomic E-state index is 0.0457. The molecule has 3 aromatic carbocycles. The zero-order valence-electron chi connectivity index (χ0n) is 16.6. The topological polar surface area (TPSA) is 124 Å². The quantitative estimate of drug-likeness (QED) is 0.353. The van der Waals surface area contributed by atoms with Crippen molar-refractivity contribution in [3.63, 3.8) is 0 Å². The summed E-state index contributed by atoms with van der Waals surface area (Å²) in [7, 11) is -2.09. The summed E-state index contributed by atoms with van der Waals surface area (Å²) in [6.45, 7) is 0. The average molecular weight is 469 g/mol. The van der Waals surface area contributed by atoms with E-state index in [9.17, 15) is 23.3 Å². The lowest BCUT2D eigenvalue weighted by Crippen LogP contribution is -2.14. The second kappa shape index (κ2) is 8.36. The van der Waals surface area contributed by atoms with Gasteiger partial charge in [0.1, 0.15) is 0 Å². The lowest BCUT2D eigenvalue weighted by molar-refractivity contribution is -0.384. The molecule has 4 aromatic rings. The average Bonchev–Trinajstić information content (AvgIpc) is 3.08. The molecule has 1 amide bonds. The molecule has 1 N–H and O–H groups in total. The highest BCUT2D eigenvalue weighted by molar-refractivity contribution is 7.92. The van der Waals surface area contributed by atoms with Crippen molar-refractivity contribution in [2.24, 2.45) is 12.0 Å². The third-order valence-corrected chi connectivity index (χ3v) is 7.11. The molecule has 0 bridgehead atoms. The largest absolute Gasteiger partial charge is 0.319 e. The van der Waals surface area contributed by atoms with Crippen molar-refractivity contribution in [1.82, 2.24) is 4.57 Å². The van der Waals surface area contributed by atoms with Crippen LogP contribution in [-0.4, -0.2) is 23.8 Å². The molecule has 0 saturated heterocycles. The minimum atomic E-state index is -3.80. The highest BCUT2D eigenvalue weighted by atomic mass is 32.2. The van der Waals surface area contributed by atoms with Gasteiger partial charge in [-0.15, -0.1) is 0 Å². The lowest BCUT2D eigenvalue weighted by atomic mass is 10.2. The Balaban J connectivity index is 1.65. The highest BCUT2D eigenvalue weighted by Crippen LogP contribution is 2.23. The first-order valence-electron chi connectivity index (χ1n) is 9.25. The molecule has 0 radical (unpaired) electrons. The SMILES string of the molecule is Cn1c(=NC(=O)c2cccc(NS(=O)(=O)c3ccccc3)c2)sc2cc([N+](=O)[O-])ccc21. The van der Waals surface area contributed by atoms with Crippen LogP contribution in [0.25, 0.3) is 10.2 Å². The molecule has 0 saturated carbocycles. The number of nitro benzene ring substituents is 1. The van der Waals surface area contributed by atoms with Crippen molar-refractivity contribution in [2.75, 3.05) is 4.72 Å². The number of aryl methyl sites for hydroxylation is 1. The van der Waals surface area contributed by atoms with Gasteiger partial charge in [-0.2, -0.15) is 4.99 Å². The van der Waals surface area contributed by atoms with Crippen LogP contribution >= 0.6 is 11.3 Å². The standard InChI is InChI=1S/C21H16N4O5S2/c1-24-18-11-10-16(25(27)28)13-19(18)31-21(24)22-20(26)14-6-5-7-15(12-14)23-32(29,30)17-8-3-2-4-9-17/h2-13,23H,1H3. The van der Waals surface area contributed by atoms with Crippen molar-refractivity contribution in [3.8, 4) is 0 Å². The highest BCUT2D eigenvalue weighted by Gasteiger charge is 2.15. The summed E-state index contributed by atoms with van der Waals surface area (Å²) >= 11 is 1.15. The van der Waals surface area contributed by atoms with E-state index < -0.39 is 20.9 Å². The number of nitrogens with zero attached hydrogens (tertiary/aromatic N) is 3. The molecule has 4 rings (SSSR count). The number of carbonyl (C=O) groups is 1. The Labute approximate surface area is 186 Å². The van der Waals surface area contributed by atoms with Gasteiger partial charge in [0.05, 0.1) is 20.0 Å². The summed E-state index contributed by atoms with van der Waals surface area (Å²) in [5.41, 5.74) is 1.08. The molecule has 0 aliphatic heterocycles. The zero-order valence-corrected chi connectivity index (χ0v) is 18.3. The van der Waals surface area contributed by atoms with Crippen molar-refractivity contribution in [1.29, 1.82) is 0 Å². The third kappa shape index (κ3) is 4.29. The molecule has 1 heterocycles. The van der Waals surface area contributed by atoms with Crippen molar-refractivity contribution in [2.45, 2.75) is 4.90 Å². The molecule has 0 fully saturated rings. The number of thiazole rings is 1. The maximum atomic E-state index is 12.7. The minimum Gasteiger partial charge on any atom is -0.319 e. The number of nitro groups is 1. The number of aromatic nitrogens is 1. The van der Waals surface area contributed by atoms with Crippen molar-refractivity contribution < 1.29 is 18.1 Å². The molecule has 162 valence electrons. The maximum absolute atomic E-state index is 12.7. The second-order valence-corrected chi connectivity index (χ2v) is 9.46. The van der Waals surface area contributed by atoms with E-state index in [1.54, 1.807) is 41.9 Å². The van der Waals surface area contributed by atoms with Gasteiger partial charge < -0.3 is 4.57 Å². The molecule has 11 heteroatoms. The fourth-order valence-electron chi connectivity index (χ4n) is 3.02. The van der Waals surface area contributed by atoms with Crippen molar-refractivity contribution in [3.05, 3.63) is 93.3 Å². The van der Waals surface area contributed by atoms with Crippen LogP contribution in [0.5, 0.6) is 0 Å². The van der Waals surface area contributed by atoms with E-state index in [2.05, 4.69) is 9.71 Å². The van der Waals surface area contributed by atoms with Gasteiger partial charge in [-0.05, 0) is 36.4 Å². The third-order valence-electron chi connectivity index (χ3n) is 4.62. The Bertz CT molecular complexity index is 1520. The Morgan fingerprint density at radius 3 is 2.53 bits per heavy atom. The molecule has 0 spiro atoms. The van der Waals surface area contributed by atoms with Crippen LogP contribution in [0.15, 0.2) is 82.7 Å². The fraction of sp³-hybridized carbons (Fsp3) is 0.0476. The molecule has 0 aliphatic carbocycles. The van der Waals surface area contributed by atoms with Crippen LogP contribution in [0.1, 0.15) is 10.4 Å². The second-order valence-electron chi connectivity index (χ2n) is 6.77. The van der Waals surface area contributed by atoms with E-state index in [0.717, 1.165) is 11.3 Å².